The van der Waals surface area contributed by atoms with Gasteiger partial charge >= 0.3 is 0 Å². The van der Waals surface area contributed by atoms with Crippen LogP contribution in [-0.4, -0.2) is 96.8 Å². The summed E-state index contributed by atoms with van der Waals surface area (Å²) in [4.78, 5) is 58.6. The number of aliphatic hydroxyl groups is 1. The average Bonchev–Trinajstić information content (AvgIpc) is 3.39. The molecule has 13 nitrogen and oxygen atoms in total. The highest BCUT2D eigenvalue weighted by atomic mass is 32.2. The molecule has 6 aromatic carbocycles. The second-order valence-electron chi connectivity index (χ2n) is 23.8. The van der Waals surface area contributed by atoms with Crippen molar-refractivity contribution in [1.29, 1.82) is 0 Å². The molecule has 6 aromatic rings. The van der Waals surface area contributed by atoms with Crippen LogP contribution in [0.2, 0.25) is 0 Å². The van der Waals surface area contributed by atoms with Crippen molar-refractivity contribution in [3.8, 4) is 0 Å². The van der Waals surface area contributed by atoms with Crippen LogP contribution in [0.1, 0.15) is 97.9 Å². The molecule has 4 amide bonds. The molecule has 424 valence electrons. The number of benzene rings is 6. The van der Waals surface area contributed by atoms with E-state index in [9.17, 15) is 41.1 Å². The number of sulfone groups is 2. The summed E-state index contributed by atoms with van der Waals surface area (Å²) in [7, 11) is -7.63. The molecular formula is C64H82N4O9S2. The van der Waals surface area contributed by atoms with Gasteiger partial charge in [-0.25, -0.2) is 16.8 Å². The minimum absolute atomic E-state index is 0.0544. The Labute approximate surface area is 469 Å². The van der Waals surface area contributed by atoms with Gasteiger partial charge in [0.2, 0.25) is 23.6 Å². The fraction of sp³-hybridized carbons (Fsp3) is 0.438. The van der Waals surface area contributed by atoms with E-state index in [-0.39, 0.29) is 32.1 Å². The topological polar surface area (TPSA) is 205 Å². The van der Waals surface area contributed by atoms with E-state index in [4.69, 9.17) is 0 Å². The Balaban J connectivity index is 1.26. The van der Waals surface area contributed by atoms with Crippen molar-refractivity contribution in [2.75, 3.05) is 11.5 Å². The third-order valence-corrected chi connectivity index (χ3v) is 20.3. The van der Waals surface area contributed by atoms with E-state index in [1.54, 1.807) is 69.2 Å². The zero-order valence-corrected chi connectivity index (χ0v) is 49.2. The number of fused-ring (bicyclic) bond motifs is 2. The van der Waals surface area contributed by atoms with Crippen LogP contribution in [-0.2, 0) is 64.5 Å². The Kier molecular flexibility index (Phi) is 20.9. The SMILES string of the molecule is CC(C)[C@H](NC(=O)[C@H](Cc1cccc2ccccc12)CS(=O)(=O)C(C)(C)C)C(=O)N[C@@H](Cc1ccccc1)C[C@H](O)[C@H](Cc1ccccc1)NC(=O)[C@@H](NC(=O)[C@@H](Cc1cccc2ccccc12)CS(=O)(=O)C(C)(C)C)C(C)C. The Morgan fingerprint density at radius 1 is 0.443 bits per heavy atom. The monoisotopic (exact) mass is 1110 g/mol. The van der Waals surface area contributed by atoms with Gasteiger partial charge in [0.15, 0.2) is 19.7 Å². The van der Waals surface area contributed by atoms with E-state index in [0.29, 0.717) is 0 Å². The largest absolute Gasteiger partial charge is 0.391 e. The smallest absolute Gasteiger partial charge is 0.243 e. The molecule has 0 saturated carbocycles. The van der Waals surface area contributed by atoms with Gasteiger partial charge in [0.1, 0.15) is 12.1 Å². The van der Waals surface area contributed by atoms with Crippen molar-refractivity contribution in [1.82, 2.24) is 21.3 Å². The second-order valence-corrected chi connectivity index (χ2v) is 29.4. The van der Waals surface area contributed by atoms with Crippen LogP contribution in [0.3, 0.4) is 0 Å². The number of amides is 4. The first-order chi connectivity index (χ1) is 37.1. The molecule has 15 heteroatoms. The zero-order valence-electron chi connectivity index (χ0n) is 47.5. The molecule has 0 aliphatic rings. The standard InChI is InChI=1S/C64H82N4O9S2/c1-42(2)57(67-59(70)50(40-78(74,75)63(5,6)7)37-48-31-21-29-46-27-17-19-33-53(46)48)61(72)65-52(35-44-23-13-11-14-24-44)39-56(69)55(36-45-25-15-12-16-26-45)66-62(73)58(43(3)4)68-60(71)51(41-79(76,77)64(8,9)10)38-49-32-22-30-47-28-18-20-34-54(47)49/h11-34,42-43,50-52,55-58,69H,35-41H2,1-10H3,(H,65,72)(H,66,73)(H,67,70)(H,68,71)/t50-,51+,52+,55+,56+,57+,58+/m1/s1. The van der Waals surface area contributed by atoms with E-state index >= 15 is 0 Å². The fourth-order valence-electron chi connectivity index (χ4n) is 9.83. The Bertz CT molecular complexity index is 3250. The average molecular weight is 1120 g/mol. The maximum atomic E-state index is 14.7. The van der Waals surface area contributed by atoms with Gasteiger partial charge < -0.3 is 26.4 Å². The maximum absolute atomic E-state index is 14.7. The van der Waals surface area contributed by atoms with Crippen molar-refractivity contribution in [3.05, 3.63) is 168 Å². The van der Waals surface area contributed by atoms with E-state index in [1.165, 1.54) is 0 Å². The highest BCUT2D eigenvalue weighted by molar-refractivity contribution is 7.93. The van der Waals surface area contributed by atoms with Crippen molar-refractivity contribution in [2.24, 2.45) is 23.7 Å². The van der Waals surface area contributed by atoms with Crippen LogP contribution in [0.25, 0.3) is 21.5 Å². The second kappa shape index (κ2) is 26.7. The Morgan fingerprint density at radius 2 is 0.810 bits per heavy atom. The van der Waals surface area contributed by atoms with Gasteiger partial charge in [0, 0.05) is 6.04 Å². The molecule has 0 heterocycles. The van der Waals surface area contributed by atoms with Gasteiger partial charge in [-0.1, -0.05) is 173 Å². The molecule has 0 bridgehead atoms. The van der Waals surface area contributed by atoms with E-state index in [0.717, 1.165) is 43.8 Å². The number of rotatable bonds is 25. The number of carbonyl (C=O) groups excluding carboxylic acids is 4. The third-order valence-electron chi connectivity index (χ3n) is 14.9. The molecule has 5 N–H and O–H groups in total. The van der Waals surface area contributed by atoms with Gasteiger partial charge in [-0.15, -0.1) is 0 Å². The molecule has 79 heavy (non-hydrogen) atoms. The summed E-state index contributed by atoms with van der Waals surface area (Å²) in [6.45, 7) is 16.8. The van der Waals surface area contributed by atoms with Crippen LogP contribution >= 0.6 is 0 Å². The molecule has 6 rings (SSSR count). The van der Waals surface area contributed by atoms with Crippen molar-refractivity contribution >= 4 is 64.8 Å². The lowest BCUT2D eigenvalue weighted by Crippen LogP contribution is -2.57. The number of hydrogen-bond donors (Lipinski definition) is 5. The lowest BCUT2D eigenvalue weighted by Gasteiger charge is -2.32. The predicted molar refractivity (Wildman–Crippen MR) is 318 cm³/mol. The van der Waals surface area contributed by atoms with Crippen molar-refractivity contribution in [2.45, 2.75) is 141 Å². The molecule has 0 saturated heterocycles. The molecule has 0 unspecified atom stereocenters. The molecule has 0 radical (unpaired) electrons. The number of nitrogens with one attached hydrogen (secondary N) is 4. The first kappa shape index (κ1) is 61.8. The first-order valence-corrected chi connectivity index (χ1v) is 30.8. The molecule has 0 aliphatic heterocycles. The van der Waals surface area contributed by atoms with E-state index < -0.39 is 118 Å². The van der Waals surface area contributed by atoms with Crippen LogP contribution < -0.4 is 21.3 Å². The summed E-state index contributed by atoms with van der Waals surface area (Å²) in [5, 5.41) is 28.2. The molecule has 0 spiro atoms. The third kappa shape index (κ3) is 16.8. The van der Waals surface area contributed by atoms with Gasteiger partial charge in [-0.3, -0.25) is 19.2 Å². The highest BCUT2D eigenvalue weighted by Gasteiger charge is 2.39. The Hall–Kier alpha value is -6.42. The van der Waals surface area contributed by atoms with Gasteiger partial charge in [-0.05, 0) is 129 Å². The number of carbonyl (C=O) groups is 4. The summed E-state index contributed by atoms with van der Waals surface area (Å²) < 4.78 is 52.9. The maximum Gasteiger partial charge on any atom is 0.243 e. The minimum Gasteiger partial charge on any atom is -0.391 e. The van der Waals surface area contributed by atoms with Crippen LogP contribution in [0.4, 0.5) is 0 Å². The van der Waals surface area contributed by atoms with Gasteiger partial charge in [0.05, 0.1) is 45.0 Å². The summed E-state index contributed by atoms with van der Waals surface area (Å²) in [6.07, 6.45) is -0.684. The predicted octanol–water partition coefficient (Wildman–Crippen LogP) is 8.92. The van der Waals surface area contributed by atoms with E-state index in [1.807, 2.05) is 146 Å². The summed E-state index contributed by atoms with van der Waals surface area (Å²) >= 11 is 0. The lowest BCUT2D eigenvalue weighted by molar-refractivity contribution is -0.132. The fourth-order valence-corrected chi connectivity index (χ4v) is 12.4. The summed E-state index contributed by atoms with van der Waals surface area (Å²) in [5.41, 5.74) is 3.25. The molecule has 0 aliphatic carbocycles. The Morgan fingerprint density at radius 3 is 1.22 bits per heavy atom. The van der Waals surface area contributed by atoms with Gasteiger partial charge in [0.25, 0.3) is 0 Å². The van der Waals surface area contributed by atoms with Crippen molar-refractivity contribution < 1.29 is 41.1 Å². The number of hydrogen-bond acceptors (Lipinski definition) is 9. The highest BCUT2D eigenvalue weighted by Crippen LogP contribution is 2.28. The molecular weight excluding hydrogens is 1030 g/mol. The molecule has 0 aromatic heterocycles. The van der Waals surface area contributed by atoms with Crippen LogP contribution in [0, 0.1) is 23.7 Å². The van der Waals surface area contributed by atoms with Crippen molar-refractivity contribution in [3.63, 3.8) is 0 Å². The van der Waals surface area contributed by atoms with E-state index in [2.05, 4.69) is 21.3 Å². The molecule has 7 atom stereocenters. The normalized spacial score (nSPS) is 15.2. The van der Waals surface area contributed by atoms with Crippen LogP contribution in [0.5, 0.6) is 0 Å². The molecule has 0 fully saturated rings. The lowest BCUT2D eigenvalue weighted by atomic mass is 9.92. The van der Waals surface area contributed by atoms with Crippen LogP contribution in [0.15, 0.2) is 146 Å². The van der Waals surface area contributed by atoms with Gasteiger partial charge in [-0.2, -0.15) is 0 Å². The number of aliphatic hydroxyl groups excluding tert-OH is 1. The summed E-state index contributed by atoms with van der Waals surface area (Å²) in [5.74, 6) is -6.19. The zero-order chi connectivity index (χ0) is 57.9. The summed E-state index contributed by atoms with van der Waals surface area (Å²) in [6, 6.07) is 41.6. The minimum atomic E-state index is -3.82. The quantitative estimate of drug-likeness (QED) is 0.0371. The first-order valence-electron chi connectivity index (χ1n) is 27.5.